The molecule has 5 heteroatoms. The first kappa shape index (κ1) is 17.1. The Bertz CT molecular complexity index is 608. The molecule has 0 amide bonds. The van der Waals surface area contributed by atoms with Crippen molar-refractivity contribution in [2.45, 2.75) is 12.5 Å². The van der Waals surface area contributed by atoms with E-state index in [4.69, 9.17) is 14.2 Å². The molecule has 0 spiro atoms. The van der Waals surface area contributed by atoms with Crippen molar-refractivity contribution < 1.29 is 24.4 Å². The third-order valence-corrected chi connectivity index (χ3v) is 3.63. The molecule has 2 aromatic rings. The minimum absolute atomic E-state index is 0.180. The summed E-state index contributed by atoms with van der Waals surface area (Å²) < 4.78 is 16.6. The van der Waals surface area contributed by atoms with E-state index in [0.717, 1.165) is 5.56 Å². The van der Waals surface area contributed by atoms with Gasteiger partial charge in [0.2, 0.25) is 0 Å². The number of hydrogen-bond acceptors (Lipinski definition) is 5. The zero-order valence-electron chi connectivity index (χ0n) is 13.4. The topological polar surface area (TPSA) is 68.2 Å². The number of methoxy groups -OCH3 is 2. The molecule has 0 fully saturated rings. The quantitative estimate of drug-likeness (QED) is 0.782. The Hall–Kier alpha value is -2.24. The Morgan fingerprint density at radius 2 is 1.52 bits per heavy atom. The van der Waals surface area contributed by atoms with Crippen molar-refractivity contribution in [3.05, 3.63) is 53.6 Å². The maximum absolute atomic E-state index is 9.40. The fourth-order valence-corrected chi connectivity index (χ4v) is 2.31. The van der Waals surface area contributed by atoms with Gasteiger partial charge in [0, 0.05) is 17.5 Å². The highest BCUT2D eigenvalue weighted by atomic mass is 16.5. The van der Waals surface area contributed by atoms with Gasteiger partial charge in [-0.25, -0.2) is 0 Å². The summed E-state index contributed by atoms with van der Waals surface area (Å²) >= 11 is 0. The maximum Gasteiger partial charge on any atom is 0.165 e. The lowest BCUT2D eigenvalue weighted by Crippen LogP contribution is -2.11. The molecule has 0 unspecified atom stereocenters. The average Bonchev–Trinajstić information content (AvgIpc) is 2.61. The SMILES string of the molecule is COc1cc(C(CO)CO)c(OC)cc1OCc1ccccc1. The maximum atomic E-state index is 9.40. The number of hydrogen-bond donors (Lipinski definition) is 2. The van der Waals surface area contributed by atoms with E-state index in [0.29, 0.717) is 29.4 Å². The van der Waals surface area contributed by atoms with Crippen LogP contribution in [0.2, 0.25) is 0 Å². The standard InChI is InChI=1S/C18H22O5/c1-21-16-9-18(23-12-13-6-4-3-5-7-13)17(22-2)8-15(16)14(10-19)11-20/h3-9,14,19-20H,10-12H2,1-2H3. The number of benzene rings is 2. The third kappa shape index (κ3) is 4.15. The van der Waals surface area contributed by atoms with Crippen LogP contribution in [0.5, 0.6) is 17.2 Å². The molecule has 0 bridgehead atoms. The van der Waals surface area contributed by atoms with Crippen LogP contribution in [-0.4, -0.2) is 37.6 Å². The van der Waals surface area contributed by atoms with Crippen LogP contribution in [0.15, 0.2) is 42.5 Å². The van der Waals surface area contributed by atoms with Crippen molar-refractivity contribution in [3.63, 3.8) is 0 Å². The lowest BCUT2D eigenvalue weighted by molar-refractivity contribution is 0.189. The van der Waals surface area contributed by atoms with Crippen LogP contribution in [0.4, 0.5) is 0 Å². The van der Waals surface area contributed by atoms with Crippen molar-refractivity contribution in [2.24, 2.45) is 0 Å². The van der Waals surface area contributed by atoms with Crippen molar-refractivity contribution >= 4 is 0 Å². The summed E-state index contributed by atoms with van der Waals surface area (Å²) in [5.41, 5.74) is 1.72. The summed E-state index contributed by atoms with van der Waals surface area (Å²) in [5, 5.41) is 18.8. The predicted molar refractivity (Wildman–Crippen MR) is 87.2 cm³/mol. The van der Waals surface area contributed by atoms with Crippen LogP contribution in [0.25, 0.3) is 0 Å². The molecule has 0 saturated heterocycles. The number of aliphatic hydroxyl groups is 2. The van der Waals surface area contributed by atoms with E-state index in [9.17, 15) is 10.2 Å². The van der Waals surface area contributed by atoms with Gasteiger partial charge in [0.15, 0.2) is 11.5 Å². The van der Waals surface area contributed by atoms with Gasteiger partial charge in [0.25, 0.3) is 0 Å². The van der Waals surface area contributed by atoms with Crippen LogP contribution < -0.4 is 14.2 Å². The van der Waals surface area contributed by atoms with Crippen molar-refractivity contribution in [1.29, 1.82) is 0 Å². The molecule has 5 nitrogen and oxygen atoms in total. The van der Waals surface area contributed by atoms with E-state index in [1.165, 1.54) is 7.11 Å². The molecule has 0 aromatic heterocycles. The lowest BCUT2D eigenvalue weighted by atomic mass is 9.99. The Morgan fingerprint density at radius 3 is 2.09 bits per heavy atom. The van der Waals surface area contributed by atoms with Gasteiger partial charge in [0.05, 0.1) is 27.4 Å². The summed E-state index contributed by atoms with van der Waals surface area (Å²) in [5.74, 6) is 1.19. The molecule has 2 rings (SSSR count). The van der Waals surface area contributed by atoms with Gasteiger partial charge in [-0.05, 0) is 11.6 Å². The molecule has 0 aliphatic carbocycles. The Labute approximate surface area is 136 Å². The second kappa shape index (κ2) is 8.41. The number of ether oxygens (including phenoxy) is 3. The molecule has 0 aliphatic rings. The molecule has 0 radical (unpaired) electrons. The van der Waals surface area contributed by atoms with Crippen LogP contribution in [-0.2, 0) is 6.61 Å². The highest BCUT2D eigenvalue weighted by molar-refractivity contribution is 5.52. The molecular formula is C18H22O5. The zero-order valence-corrected chi connectivity index (χ0v) is 13.4. The van der Waals surface area contributed by atoms with E-state index in [-0.39, 0.29) is 13.2 Å². The van der Waals surface area contributed by atoms with Gasteiger partial charge < -0.3 is 24.4 Å². The first-order valence-corrected chi connectivity index (χ1v) is 7.37. The highest BCUT2D eigenvalue weighted by Gasteiger charge is 2.19. The highest BCUT2D eigenvalue weighted by Crippen LogP contribution is 2.38. The van der Waals surface area contributed by atoms with E-state index in [1.807, 2.05) is 30.3 Å². The van der Waals surface area contributed by atoms with E-state index >= 15 is 0 Å². The van der Waals surface area contributed by atoms with Gasteiger partial charge in [-0.15, -0.1) is 0 Å². The van der Waals surface area contributed by atoms with Crippen molar-refractivity contribution in [3.8, 4) is 17.2 Å². The van der Waals surface area contributed by atoms with Gasteiger partial charge in [-0.1, -0.05) is 30.3 Å². The number of aliphatic hydroxyl groups excluding tert-OH is 2. The second-order valence-electron chi connectivity index (χ2n) is 5.08. The average molecular weight is 318 g/mol. The van der Waals surface area contributed by atoms with Crippen LogP contribution in [0.3, 0.4) is 0 Å². The monoisotopic (exact) mass is 318 g/mol. The fraction of sp³-hybridized carbons (Fsp3) is 0.333. The lowest BCUT2D eigenvalue weighted by Gasteiger charge is -2.19. The largest absolute Gasteiger partial charge is 0.496 e. The summed E-state index contributed by atoms with van der Waals surface area (Å²) in [4.78, 5) is 0. The molecular weight excluding hydrogens is 296 g/mol. The first-order chi connectivity index (χ1) is 11.2. The molecule has 2 N–H and O–H groups in total. The summed E-state index contributed by atoms with van der Waals surface area (Å²) in [7, 11) is 3.09. The van der Waals surface area contributed by atoms with Gasteiger partial charge in [-0.3, -0.25) is 0 Å². The minimum Gasteiger partial charge on any atom is -0.496 e. The summed E-state index contributed by atoms with van der Waals surface area (Å²) in [6.45, 7) is 0.0452. The van der Waals surface area contributed by atoms with E-state index in [1.54, 1.807) is 19.2 Å². The first-order valence-electron chi connectivity index (χ1n) is 7.37. The van der Waals surface area contributed by atoms with Crippen LogP contribution in [0, 0.1) is 0 Å². The third-order valence-electron chi connectivity index (χ3n) is 3.63. The van der Waals surface area contributed by atoms with E-state index < -0.39 is 5.92 Å². The van der Waals surface area contributed by atoms with E-state index in [2.05, 4.69) is 0 Å². The van der Waals surface area contributed by atoms with Gasteiger partial charge in [0.1, 0.15) is 12.4 Å². The zero-order chi connectivity index (χ0) is 16.7. The number of rotatable bonds is 8. The van der Waals surface area contributed by atoms with Gasteiger partial charge in [-0.2, -0.15) is 0 Å². The molecule has 0 heterocycles. The molecule has 124 valence electrons. The van der Waals surface area contributed by atoms with Crippen LogP contribution >= 0.6 is 0 Å². The smallest absolute Gasteiger partial charge is 0.165 e. The Kier molecular flexibility index (Phi) is 6.26. The van der Waals surface area contributed by atoms with Crippen molar-refractivity contribution in [2.75, 3.05) is 27.4 Å². The Morgan fingerprint density at radius 1 is 0.870 bits per heavy atom. The minimum atomic E-state index is -0.429. The fourth-order valence-electron chi connectivity index (χ4n) is 2.31. The molecule has 0 saturated carbocycles. The van der Waals surface area contributed by atoms with Crippen molar-refractivity contribution in [1.82, 2.24) is 0 Å². The van der Waals surface area contributed by atoms with Crippen LogP contribution in [0.1, 0.15) is 17.0 Å². The summed E-state index contributed by atoms with van der Waals surface area (Å²) in [6.07, 6.45) is 0. The summed E-state index contributed by atoms with van der Waals surface area (Å²) in [6, 6.07) is 13.3. The molecule has 0 aliphatic heterocycles. The molecule has 2 aromatic carbocycles. The molecule has 0 atom stereocenters. The Balaban J connectivity index is 2.28. The normalized spacial score (nSPS) is 10.7. The second-order valence-corrected chi connectivity index (χ2v) is 5.08. The molecule has 23 heavy (non-hydrogen) atoms. The van der Waals surface area contributed by atoms with Gasteiger partial charge >= 0.3 is 0 Å². The predicted octanol–water partition coefficient (Wildman–Crippen LogP) is 2.35.